The maximum Gasteiger partial charge on any atom is 0.0642 e. The first kappa shape index (κ1) is 15.0. The van der Waals surface area contributed by atoms with Crippen LogP contribution in [0.3, 0.4) is 0 Å². The molecule has 1 unspecified atom stereocenters. The molecule has 1 aliphatic rings. The normalized spacial score (nSPS) is 20.4. The number of anilines is 1. The van der Waals surface area contributed by atoms with Gasteiger partial charge < -0.3 is 4.90 Å². The van der Waals surface area contributed by atoms with E-state index in [1.54, 1.807) is 0 Å². The third kappa shape index (κ3) is 4.03. The Balaban J connectivity index is 2.05. The zero-order valence-corrected chi connectivity index (χ0v) is 13.2. The molecule has 0 bridgehead atoms. The largest absolute Gasteiger partial charge is 0.370 e. The van der Waals surface area contributed by atoms with Crippen LogP contribution in [-0.4, -0.2) is 13.1 Å². The molecule has 0 aromatic heterocycles. The third-order valence-electron chi connectivity index (χ3n) is 4.05. The summed E-state index contributed by atoms with van der Waals surface area (Å²) in [5.74, 6) is 1.43. The SMILES string of the molecule is CCCC1CCCN(c2ccc(CCl)cc2Cl)CC1. The van der Waals surface area contributed by atoms with Gasteiger partial charge in [0.05, 0.1) is 10.7 Å². The molecule has 0 spiro atoms. The Kier molecular flexibility index (Phi) is 5.84. The molecule has 1 atom stereocenters. The molecule has 106 valence electrons. The maximum atomic E-state index is 6.39. The van der Waals surface area contributed by atoms with Gasteiger partial charge in [0.25, 0.3) is 0 Å². The van der Waals surface area contributed by atoms with E-state index >= 15 is 0 Å². The third-order valence-corrected chi connectivity index (χ3v) is 4.66. The summed E-state index contributed by atoms with van der Waals surface area (Å²) in [5.41, 5.74) is 2.27. The van der Waals surface area contributed by atoms with Crippen LogP contribution in [0, 0.1) is 5.92 Å². The van der Waals surface area contributed by atoms with Crippen molar-refractivity contribution in [1.82, 2.24) is 0 Å². The van der Waals surface area contributed by atoms with Crippen molar-refractivity contribution in [2.45, 2.75) is 44.9 Å². The fraction of sp³-hybridized carbons (Fsp3) is 0.625. The van der Waals surface area contributed by atoms with Gasteiger partial charge in [-0.15, -0.1) is 11.6 Å². The average Bonchev–Trinajstić information content (AvgIpc) is 2.65. The van der Waals surface area contributed by atoms with Gasteiger partial charge in [-0.25, -0.2) is 0 Å². The van der Waals surface area contributed by atoms with Crippen LogP contribution in [0.4, 0.5) is 5.69 Å². The van der Waals surface area contributed by atoms with E-state index in [2.05, 4.69) is 24.0 Å². The van der Waals surface area contributed by atoms with Crippen LogP contribution in [0.1, 0.15) is 44.6 Å². The molecular weight excluding hydrogens is 277 g/mol. The Morgan fingerprint density at radius 1 is 1.26 bits per heavy atom. The van der Waals surface area contributed by atoms with E-state index in [0.29, 0.717) is 5.88 Å². The zero-order chi connectivity index (χ0) is 13.7. The lowest BCUT2D eigenvalue weighted by atomic mass is 9.96. The van der Waals surface area contributed by atoms with E-state index in [1.807, 2.05) is 6.07 Å². The van der Waals surface area contributed by atoms with Gasteiger partial charge in [0.15, 0.2) is 0 Å². The molecule has 19 heavy (non-hydrogen) atoms. The first-order valence-electron chi connectivity index (χ1n) is 7.34. The van der Waals surface area contributed by atoms with Gasteiger partial charge in [0, 0.05) is 19.0 Å². The van der Waals surface area contributed by atoms with Crippen molar-refractivity contribution in [3.05, 3.63) is 28.8 Å². The van der Waals surface area contributed by atoms with E-state index < -0.39 is 0 Å². The number of halogens is 2. The first-order chi connectivity index (χ1) is 9.24. The lowest BCUT2D eigenvalue weighted by Gasteiger charge is -2.24. The molecular formula is C16H23Cl2N. The number of alkyl halides is 1. The number of benzene rings is 1. The van der Waals surface area contributed by atoms with Gasteiger partial charge in [-0.05, 0) is 42.9 Å². The summed E-state index contributed by atoms with van der Waals surface area (Å²) in [7, 11) is 0. The first-order valence-corrected chi connectivity index (χ1v) is 8.25. The zero-order valence-electron chi connectivity index (χ0n) is 11.7. The molecule has 1 aromatic rings. The Hall–Kier alpha value is -0.400. The number of hydrogen-bond acceptors (Lipinski definition) is 1. The summed E-state index contributed by atoms with van der Waals surface area (Å²) in [4.78, 5) is 2.44. The lowest BCUT2D eigenvalue weighted by molar-refractivity contribution is 0.435. The molecule has 1 aromatic carbocycles. The highest BCUT2D eigenvalue weighted by Gasteiger charge is 2.18. The fourth-order valence-electron chi connectivity index (χ4n) is 2.99. The second kappa shape index (κ2) is 7.40. The second-order valence-electron chi connectivity index (χ2n) is 5.49. The predicted molar refractivity (Wildman–Crippen MR) is 85.5 cm³/mol. The van der Waals surface area contributed by atoms with E-state index in [1.165, 1.54) is 37.8 Å². The molecule has 1 nitrogen and oxygen atoms in total. The topological polar surface area (TPSA) is 3.24 Å². The van der Waals surface area contributed by atoms with Crippen LogP contribution in [-0.2, 0) is 5.88 Å². The number of rotatable bonds is 4. The molecule has 3 heteroatoms. The van der Waals surface area contributed by atoms with Crippen molar-refractivity contribution in [2.24, 2.45) is 5.92 Å². The van der Waals surface area contributed by atoms with Crippen molar-refractivity contribution in [3.8, 4) is 0 Å². The van der Waals surface area contributed by atoms with Crippen molar-refractivity contribution in [1.29, 1.82) is 0 Å². The van der Waals surface area contributed by atoms with Crippen molar-refractivity contribution < 1.29 is 0 Å². The Bertz CT molecular complexity index is 406. The molecule has 1 saturated heterocycles. The highest BCUT2D eigenvalue weighted by atomic mass is 35.5. The van der Waals surface area contributed by atoms with Crippen LogP contribution in [0.5, 0.6) is 0 Å². The summed E-state index contributed by atoms with van der Waals surface area (Å²) in [6.45, 7) is 4.54. The van der Waals surface area contributed by atoms with Gasteiger partial charge >= 0.3 is 0 Å². The van der Waals surface area contributed by atoms with Gasteiger partial charge in [0.2, 0.25) is 0 Å². The monoisotopic (exact) mass is 299 g/mol. The summed E-state index contributed by atoms with van der Waals surface area (Å²) in [6, 6.07) is 6.21. The molecule has 0 saturated carbocycles. The number of hydrogen-bond donors (Lipinski definition) is 0. The van der Waals surface area contributed by atoms with Gasteiger partial charge in [-0.3, -0.25) is 0 Å². The molecule has 0 radical (unpaired) electrons. The van der Waals surface area contributed by atoms with Crippen molar-refractivity contribution in [3.63, 3.8) is 0 Å². The Labute approximate surface area is 126 Å². The van der Waals surface area contributed by atoms with E-state index in [0.717, 1.165) is 29.6 Å². The van der Waals surface area contributed by atoms with Gasteiger partial charge in [-0.1, -0.05) is 37.4 Å². The maximum absolute atomic E-state index is 6.39. The van der Waals surface area contributed by atoms with Gasteiger partial charge in [0.1, 0.15) is 0 Å². The quantitative estimate of drug-likeness (QED) is 0.665. The summed E-state index contributed by atoms with van der Waals surface area (Å²) >= 11 is 12.2. The summed E-state index contributed by atoms with van der Waals surface area (Å²) in [5, 5.41) is 0.840. The molecule has 0 amide bonds. The van der Waals surface area contributed by atoms with Crippen LogP contribution in [0.15, 0.2) is 18.2 Å². The minimum atomic E-state index is 0.526. The molecule has 2 rings (SSSR count). The molecule has 1 aliphatic heterocycles. The summed E-state index contributed by atoms with van der Waals surface area (Å²) in [6.07, 6.45) is 6.60. The van der Waals surface area contributed by atoms with Crippen LogP contribution in [0.2, 0.25) is 5.02 Å². The van der Waals surface area contributed by atoms with Crippen LogP contribution in [0.25, 0.3) is 0 Å². The van der Waals surface area contributed by atoms with Crippen LogP contribution < -0.4 is 4.90 Å². The highest BCUT2D eigenvalue weighted by molar-refractivity contribution is 6.33. The standard InChI is InChI=1S/C16H23Cl2N/c1-2-4-13-5-3-9-19(10-8-13)16-7-6-14(12-17)11-15(16)18/h6-7,11,13H,2-5,8-10,12H2,1H3. The van der Waals surface area contributed by atoms with E-state index in [-0.39, 0.29) is 0 Å². The minimum Gasteiger partial charge on any atom is -0.370 e. The Morgan fingerprint density at radius 3 is 2.79 bits per heavy atom. The average molecular weight is 300 g/mol. The minimum absolute atomic E-state index is 0.526. The van der Waals surface area contributed by atoms with Gasteiger partial charge in [-0.2, -0.15) is 0 Å². The molecule has 0 N–H and O–H groups in total. The highest BCUT2D eigenvalue weighted by Crippen LogP contribution is 2.31. The molecule has 1 heterocycles. The van der Waals surface area contributed by atoms with Crippen molar-refractivity contribution >= 4 is 28.9 Å². The predicted octanol–water partition coefficient (Wildman–Crippen LogP) is 5.49. The summed E-state index contributed by atoms with van der Waals surface area (Å²) < 4.78 is 0. The smallest absolute Gasteiger partial charge is 0.0642 e. The van der Waals surface area contributed by atoms with E-state index in [4.69, 9.17) is 23.2 Å². The fourth-order valence-corrected chi connectivity index (χ4v) is 3.48. The molecule has 0 aliphatic carbocycles. The second-order valence-corrected chi connectivity index (χ2v) is 6.17. The Morgan fingerprint density at radius 2 is 2.11 bits per heavy atom. The van der Waals surface area contributed by atoms with Crippen molar-refractivity contribution in [2.75, 3.05) is 18.0 Å². The number of nitrogens with zero attached hydrogens (tertiary/aromatic N) is 1. The van der Waals surface area contributed by atoms with Crippen LogP contribution >= 0.6 is 23.2 Å². The molecule has 1 fully saturated rings. The van der Waals surface area contributed by atoms with E-state index in [9.17, 15) is 0 Å². The lowest BCUT2D eigenvalue weighted by Crippen LogP contribution is -2.24.